The molecule has 0 saturated carbocycles. The van der Waals surface area contributed by atoms with Crippen molar-refractivity contribution < 1.29 is 18.7 Å². The van der Waals surface area contributed by atoms with Gasteiger partial charge in [0.15, 0.2) is 10.9 Å². The molecule has 4 rings (SSSR count). The molecule has 0 radical (unpaired) electrons. The van der Waals surface area contributed by atoms with Crippen molar-refractivity contribution in [1.82, 2.24) is 4.98 Å². The van der Waals surface area contributed by atoms with Crippen molar-refractivity contribution in [3.8, 4) is 0 Å². The number of anilines is 1. The average molecular weight is 352 g/mol. The highest BCUT2D eigenvalue weighted by Crippen LogP contribution is 2.28. The number of aromatic nitrogens is 1. The first-order chi connectivity index (χ1) is 12.1. The van der Waals surface area contributed by atoms with E-state index in [4.69, 9.17) is 9.15 Å². The Morgan fingerprint density at radius 2 is 2.00 bits per heavy atom. The molecular formula is C18H12N2O4S. The van der Waals surface area contributed by atoms with E-state index < -0.39 is 5.97 Å². The zero-order valence-corrected chi connectivity index (χ0v) is 13.9. The maximum absolute atomic E-state index is 12.4. The molecule has 2 aromatic heterocycles. The molecule has 0 bridgehead atoms. The van der Waals surface area contributed by atoms with Gasteiger partial charge in [-0.2, -0.15) is 0 Å². The average Bonchev–Trinajstić information content (AvgIpc) is 3.23. The zero-order valence-electron chi connectivity index (χ0n) is 13.1. The predicted molar refractivity (Wildman–Crippen MR) is 95.1 cm³/mol. The molecule has 25 heavy (non-hydrogen) atoms. The number of benzene rings is 2. The second-order valence-corrected chi connectivity index (χ2v) is 6.33. The topological polar surface area (TPSA) is 81.4 Å². The number of methoxy groups -OCH3 is 1. The molecule has 0 fully saturated rings. The van der Waals surface area contributed by atoms with Crippen molar-refractivity contribution in [3.63, 3.8) is 0 Å². The Kier molecular flexibility index (Phi) is 3.70. The summed E-state index contributed by atoms with van der Waals surface area (Å²) in [5.74, 6) is -0.567. The molecule has 124 valence electrons. The summed E-state index contributed by atoms with van der Waals surface area (Å²) in [7, 11) is 1.33. The van der Waals surface area contributed by atoms with E-state index in [-0.39, 0.29) is 11.7 Å². The lowest BCUT2D eigenvalue weighted by Gasteiger charge is -1.97. The van der Waals surface area contributed by atoms with E-state index in [9.17, 15) is 9.59 Å². The van der Waals surface area contributed by atoms with Crippen LogP contribution in [0.2, 0.25) is 0 Å². The molecule has 0 aliphatic rings. The molecule has 0 aliphatic heterocycles. The van der Waals surface area contributed by atoms with Gasteiger partial charge in [0.25, 0.3) is 5.91 Å². The highest BCUT2D eigenvalue weighted by Gasteiger charge is 2.15. The normalized spacial score (nSPS) is 10.9. The van der Waals surface area contributed by atoms with Crippen LogP contribution < -0.4 is 5.32 Å². The maximum atomic E-state index is 12.4. The number of nitrogens with one attached hydrogen (secondary N) is 1. The summed E-state index contributed by atoms with van der Waals surface area (Å²) in [6, 6.07) is 14.1. The number of carbonyl (C=O) groups excluding carboxylic acids is 2. The van der Waals surface area contributed by atoms with Crippen LogP contribution in [0, 0.1) is 0 Å². The van der Waals surface area contributed by atoms with Gasteiger partial charge in [-0.05, 0) is 30.3 Å². The number of rotatable bonds is 3. The van der Waals surface area contributed by atoms with Crippen LogP contribution >= 0.6 is 11.3 Å². The lowest BCUT2D eigenvalue weighted by atomic mass is 10.2. The number of furan rings is 1. The second-order valence-electron chi connectivity index (χ2n) is 5.30. The monoisotopic (exact) mass is 352 g/mol. The SMILES string of the molecule is COC(=O)c1ccc2nc(NC(=O)c3cc4ccccc4o3)sc2c1. The maximum Gasteiger partial charge on any atom is 0.337 e. The molecule has 6 nitrogen and oxygen atoms in total. The third kappa shape index (κ3) is 2.85. The summed E-state index contributed by atoms with van der Waals surface area (Å²) in [6.07, 6.45) is 0. The molecule has 1 N–H and O–H groups in total. The molecule has 4 aromatic rings. The lowest BCUT2D eigenvalue weighted by Crippen LogP contribution is -2.10. The van der Waals surface area contributed by atoms with Gasteiger partial charge in [0.05, 0.1) is 22.9 Å². The third-order valence-corrected chi connectivity index (χ3v) is 4.61. The molecular weight excluding hydrogens is 340 g/mol. The number of ether oxygens (including phenoxy) is 1. The van der Waals surface area contributed by atoms with Crippen molar-refractivity contribution in [2.24, 2.45) is 0 Å². The molecule has 0 saturated heterocycles. The summed E-state index contributed by atoms with van der Waals surface area (Å²) in [6.45, 7) is 0. The van der Waals surface area contributed by atoms with Gasteiger partial charge >= 0.3 is 5.97 Å². The summed E-state index contributed by atoms with van der Waals surface area (Å²) >= 11 is 1.28. The summed E-state index contributed by atoms with van der Waals surface area (Å²) in [5.41, 5.74) is 1.78. The van der Waals surface area contributed by atoms with Crippen LogP contribution in [-0.2, 0) is 4.74 Å². The Balaban J connectivity index is 1.61. The standard InChI is InChI=1S/C18H12N2O4S/c1-23-17(22)11-6-7-12-15(9-11)25-18(19-12)20-16(21)14-8-10-4-2-3-5-13(10)24-14/h2-9H,1H3,(H,19,20,21). The van der Waals surface area contributed by atoms with Crippen molar-refractivity contribution in [2.45, 2.75) is 0 Å². The van der Waals surface area contributed by atoms with Gasteiger partial charge in [0.2, 0.25) is 0 Å². The smallest absolute Gasteiger partial charge is 0.337 e. The van der Waals surface area contributed by atoms with Gasteiger partial charge < -0.3 is 9.15 Å². The molecule has 1 amide bonds. The van der Waals surface area contributed by atoms with Crippen LogP contribution in [-0.4, -0.2) is 24.0 Å². The highest BCUT2D eigenvalue weighted by atomic mass is 32.1. The summed E-state index contributed by atoms with van der Waals surface area (Å²) in [4.78, 5) is 28.3. The number of hydrogen-bond donors (Lipinski definition) is 1. The lowest BCUT2D eigenvalue weighted by molar-refractivity contribution is 0.0601. The van der Waals surface area contributed by atoms with Crippen LogP contribution in [0.25, 0.3) is 21.2 Å². The van der Waals surface area contributed by atoms with E-state index in [1.165, 1.54) is 18.4 Å². The number of amides is 1. The van der Waals surface area contributed by atoms with Crippen LogP contribution in [0.3, 0.4) is 0 Å². The number of para-hydroxylation sites is 1. The van der Waals surface area contributed by atoms with Gasteiger partial charge in [0, 0.05) is 5.39 Å². The van der Waals surface area contributed by atoms with Gasteiger partial charge in [-0.3, -0.25) is 10.1 Å². The van der Waals surface area contributed by atoms with E-state index in [1.54, 1.807) is 30.3 Å². The molecule has 7 heteroatoms. The van der Waals surface area contributed by atoms with E-state index in [0.717, 1.165) is 10.1 Å². The molecule has 2 heterocycles. The first kappa shape index (κ1) is 15.3. The second kappa shape index (κ2) is 6.03. The number of nitrogens with zero attached hydrogens (tertiary/aromatic N) is 1. The summed E-state index contributed by atoms with van der Waals surface area (Å²) in [5, 5.41) is 4.02. The van der Waals surface area contributed by atoms with Crippen molar-refractivity contribution in [1.29, 1.82) is 0 Å². The molecule has 0 spiro atoms. The molecule has 0 unspecified atom stereocenters. The zero-order chi connectivity index (χ0) is 17.4. The van der Waals surface area contributed by atoms with E-state index in [1.807, 2.05) is 18.2 Å². The Morgan fingerprint density at radius 3 is 2.80 bits per heavy atom. The number of fused-ring (bicyclic) bond motifs is 2. The number of hydrogen-bond acceptors (Lipinski definition) is 6. The Hall–Kier alpha value is -3.19. The minimum Gasteiger partial charge on any atom is -0.465 e. The van der Waals surface area contributed by atoms with Crippen LogP contribution in [0.4, 0.5) is 5.13 Å². The van der Waals surface area contributed by atoms with Crippen molar-refractivity contribution in [2.75, 3.05) is 12.4 Å². The van der Waals surface area contributed by atoms with E-state index in [0.29, 0.717) is 21.8 Å². The van der Waals surface area contributed by atoms with Crippen LogP contribution in [0.1, 0.15) is 20.9 Å². The van der Waals surface area contributed by atoms with Gasteiger partial charge in [-0.25, -0.2) is 9.78 Å². The quantitative estimate of drug-likeness (QED) is 0.562. The summed E-state index contributed by atoms with van der Waals surface area (Å²) < 4.78 is 11.0. The Morgan fingerprint density at radius 1 is 1.16 bits per heavy atom. The van der Waals surface area contributed by atoms with E-state index in [2.05, 4.69) is 10.3 Å². The van der Waals surface area contributed by atoms with Gasteiger partial charge in [-0.15, -0.1) is 0 Å². The fourth-order valence-corrected chi connectivity index (χ4v) is 3.38. The third-order valence-electron chi connectivity index (χ3n) is 3.68. The first-order valence-electron chi connectivity index (χ1n) is 7.43. The van der Waals surface area contributed by atoms with Crippen molar-refractivity contribution in [3.05, 3.63) is 59.9 Å². The molecule has 0 aliphatic carbocycles. The first-order valence-corrected chi connectivity index (χ1v) is 8.24. The van der Waals surface area contributed by atoms with Crippen LogP contribution in [0.15, 0.2) is 52.9 Å². The molecule has 2 aromatic carbocycles. The van der Waals surface area contributed by atoms with Crippen LogP contribution in [0.5, 0.6) is 0 Å². The number of thiazole rings is 1. The Labute approximate surface area is 146 Å². The van der Waals surface area contributed by atoms with Gasteiger partial charge in [0.1, 0.15) is 5.58 Å². The Bertz CT molecular complexity index is 1080. The van der Waals surface area contributed by atoms with Crippen molar-refractivity contribution >= 4 is 49.5 Å². The fraction of sp³-hybridized carbons (Fsp3) is 0.0556. The van der Waals surface area contributed by atoms with Gasteiger partial charge in [-0.1, -0.05) is 29.5 Å². The number of carbonyl (C=O) groups is 2. The van der Waals surface area contributed by atoms with E-state index >= 15 is 0 Å². The minimum atomic E-state index is -0.414. The minimum absolute atomic E-state index is 0.218. The number of esters is 1. The predicted octanol–water partition coefficient (Wildman–Crippen LogP) is 4.08. The largest absolute Gasteiger partial charge is 0.465 e. The fourth-order valence-electron chi connectivity index (χ4n) is 2.48. The highest BCUT2D eigenvalue weighted by molar-refractivity contribution is 7.22. The molecule has 0 atom stereocenters.